The molecule has 1 aromatic heterocycles. The molecule has 3 aromatic carbocycles. The quantitative estimate of drug-likeness (QED) is 0.163. The molecule has 208 valence electrons. The second-order valence-electron chi connectivity index (χ2n) is 8.61. The summed E-state index contributed by atoms with van der Waals surface area (Å²) in [5.74, 6) is 0.981. The summed E-state index contributed by atoms with van der Waals surface area (Å²) in [6, 6.07) is 24.8. The molecule has 0 aliphatic rings. The van der Waals surface area contributed by atoms with E-state index in [0.717, 1.165) is 18.4 Å². The van der Waals surface area contributed by atoms with Crippen molar-refractivity contribution in [1.82, 2.24) is 15.0 Å². The number of hydrogen-bond donors (Lipinski definition) is 2. The average Bonchev–Trinajstić information content (AvgIpc) is 2.98. The molecule has 0 aliphatic carbocycles. The Hall–Kier alpha value is -4.32. The standard InChI is InChI=1S/C29H32N6O4S/c1-4-11-23-16-17-24(20-26(23)40(36,37)39-3)31-28-32-27(30-18-19-38-2)33-29(34-28)35(25-14-9-6-10-15-25)21-22-12-7-5-8-13-22/h4-17,20H,18-19,21H2,1-3H3,(H2,30,31,32,33,34). The lowest BCUT2D eigenvalue weighted by Gasteiger charge is -2.24. The fourth-order valence-corrected chi connectivity index (χ4v) is 4.78. The van der Waals surface area contributed by atoms with Gasteiger partial charge in [-0.3, -0.25) is 4.18 Å². The van der Waals surface area contributed by atoms with Crippen molar-refractivity contribution in [2.24, 2.45) is 0 Å². The van der Waals surface area contributed by atoms with E-state index < -0.39 is 10.1 Å². The van der Waals surface area contributed by atoms with Gasteiger partial charge in [0.05, 0.1) is 20.3 Å². The number of aromatic nitrogens is 3. The minimum absolute atomic E-state index is 0.0285. The molecule has 2 N–H and O–H groups in total. The molecule has 0 radical (unpaired) electrons. The Bertz CT molecular complexity index is 1530. The number of benzene rings is 3. The highest BCUT2D eigenvalue weighted by molar-refractivity contribution is 7.86. The van der Waals surface area contributed by atoms with E-state index in [1.54, 1.807) is 31.4 Å². The smallest absolute Gasteiger partial charge is 0.297 e. The van der Waals surface area contributed by atoms with Crippen LogP contribution < -0.4 is 15.5 Å². The van der Waals surface area contributed by atoms with Crippen LogP contribution in [-0.2, 0) is 25.6 Å². The molecule has 40 heavy (non-hydrogen) atoms. The third-order valence-corrected chi connectivity index (χ3v) is 7.14. The summed E-state index contributed by atoms with van der Waals surface area (Å²) in [7, 11) is -1.21. The maximum Gasteiger partial charge on any atom is 0.297 e. The molecule has 0 saturated carbocycles. The zero-order chi connectivity index (χ0) is 28.4. The van der Waals surface area contributed by atoms with Gasteiger partial charge >= 0.3 is 0 Å². The van der Waals surface area contributed by atoms with E-state index in [2.05, 4.69) is 15.6 Å². The van der Waals surface area contributed by atoms with Crippen molar-refractivity contribution in [3.05, 3.63) is 96.1 Å². The topological polar surface area (TPSA) is 119 Å². The van der Waals surface area contributed by atoms with Gasteiger partial charge < -0.3 is 20.3 Å². The first kappa shape index (κ1) is 28.7. The Morgan fingerprint density at radius 2 is 1.60 bits per heavy atom. The summed E-state index contributed by atoms with van der Waals surface area (Å²) in [5.41, 5.74) is 2.95. The summed E-state index contributed by atoms with van der Waals surface area (Å²) in [4.78, 5) is 16.0. The van der Waals surface area contributed by atoms with E-state index in [0.29, 0.717) is 42.8 Å². The number of para-hydroxylation sites is 1. The Kier molecular flexibility index (Phi) is 9.79. The number of hydrogen-bond acceptors (Lipinski definition) is 10. The number of methoxy groups -OCH3 is 1. The van der Waals surface area contributed by atoms with Crippen LogP contribution in [0, 0.1) is 0 Å². The minimum atomic E-state index is -3.96. The lowest BCUT2D eigenvalue weighted by atomic mass is 10.2. The summed E-state index contributed by atoms with van der Waals surface area (Å²) < 4.78 is 35.2. The SMILES string of the molecule is CC=Cc1ccc(Nc2nc(NCCOC)nc(N(Cc3ccccc3)c3ccccc3)n2)cc1S(=O)(=O)OC. The monoisotopic (exact) mass is 560 g/mol. The molecule has 11 heteroatoms. The molecule has 1 heterocycles. The van der Waals surface area contributed by atoms with Gasteiger partial charge in [0.1, 0.15) is 4.90 Å². The van der Waals surface area contributed by atoms with Crippen molar-refractivity contribution in [3.8, 4) is 0 Å². The molecule has 0 fully saturated rings. The van der Waals surface area contributed by atoms with Gasteiger partial charge in [-0.25, -0.2) is 0 Å². The van der Waals surface area contributed by atoms with Crippen LogP contribution in [0.15, 0.2) is 89.8 Å². The Balaban J connectivity index is 1.77. The average molecular weight is 561 g/mol. The van der Waals surface area contributed by atoms with E-state index >= 15 is 0 Å². The first-order valence-corrected chi connectivity index (χ1v) is 14.0. The van der Waals surface area contributed by atoms with Gasteiger partial charge in [0.15, 0.2) is 0 Å². The lowest BCUT2D eigenvalue weighted by molar-refractivity contribution is 0.210. The van der Waals surface area contributed by atoms with Crippen molar-refractivity contribution in [2.75, 3.05) is 42.9 Å². The first-order valence-electron chi connectivity index (χ1n) is 12.6. The highest BCUT2D eigenvalue weighted by Gasteiger charge is 2.20. The van der Waals surface area contributed by atoms with Crippen molar-refractivity contribution < 1.29 is 17.3 Å². The molecule has 0 spiro atoms. The number of nitrogens with zero attached hydrogens (tertiary/aromatic N) is 4. The molecule has 0 bridgehead atoms. The fourth-order valence-electron chi connectivity index (χ4n) is 3.90. The van der Waals surface area contributed by atoms with Crippen LogP contribution in [0.25, 0.3) is 6.08 Å². The summed E-state index contributed by atoms with van der Waals surface area (Å²) in [5, 5.41) is 6.32. The van der Waals surface area contributed by atoms with Gasteiger partial charge in [-0.1, -0.05) is 66.7 Å². The molecule has 0 aliphatic heterocycles. The Morgan fingerprint density at radius 3 is 2.27 bits per heavy atom. The Morgan fingerprint density at radius 1 is 0.900 bits per heavy atom. The van der Waals surface area contributed by atoms with Gasteiger partial charge in [-0.05, 0) is 42.3 Å². The molecular formula is C29H32N6O4S. The molecular weight excluding hydrogens is 528 g/mol. The van der Waals surface area contributed by atoms with Gasteiger partial charge in [0, 0.05) is 25.0 Å². The maximum atomic E-state index is 12.6. The van der Waals surface area contributed by atoms with Crippen LogP contribution in [0.4, 0.5) is 29.2 Å². The van der Waals surface area contributed by atoms with Crippen LogP contribution in [0.2, 0.25) is 0 Å². The van der Waals surface area contributed by atoms with Crippen molar-refractivity contribution in [3.63, 3.8) is 0 Å². The first-order chi connectivity index (χ1) is 19.4. The normalized spacial score (nSPS) is 11.5. The highest BCUT2D eigenvalue weighted by atomic mass is 32.2. The van der Waals surface area contributed by atoms with Crippen LogP contribution in [0.5, 0.6) is 0 Å². The number of allylic oxidation sites excluding steroid dienone is 1. The summed E-state index contributed by atoms with van der Waals surface area (Å²) in [6.45, 7) is 3.27. The lowest BCUT2D eigenvalue weighted by Crippen LogP contribution is -2.21. The number of anilines is 5. The molecule has 0 unspecified atom stereocenters. The number of rotatable bonds is 13. The molecule has 4 rings (SSSR count). The third-order valence-electron chi connectivity index (χ3n) is 5.81. The van der Waals surface area contributed by atoms with Gasteiger partial charge in [0.25, 0.3) is 10.1 Å². The predicted octanol–water partition coefficient (Wildman–Crippen LogP) is 5.38. The third kappa shape index (κ3) is 7.41. The van der Waals surface area contributed by atoms with Crippen molar-refractivity contribution in [2.45, 2.75) is 18.4 Å². The summed E-state index contributed by atoms with van der Waals surface area (Å²) in [6.07, 6.45) is 3.47. The molecule has 0 amide bonds. The fraction of sp³-hybridized carbons (Fsp3) is 0.207. The number of nitrogens with one attached hydrogen (secondary N) is 2. The molecule has 0 saturated heterocycles. The van der Waals surface area contributed by atoms with Crippen LogP contribution >= 0.6 is 0 Å². The number of ether oxygens (including phenoxy) is 1. The second-order valence-corrected chi connectivity index (χ2v) is 10.3. The Labute approximate surface area is 234 Å². The van der Waals surface area contributed by atoms with E-state index in [1.807, 2.05) is 72.5 Å². The summed E-state index contributed by atoms with van der Waals surface area (Å²) >= 11 is 0. The van der Waals surface area contributed by atoms with E-state index in [4.69, 9.17) is 18.9 Å². The molecule has 0 atom stereocenters. The molecule has 4 aromatic rings. The van der Waals surface area contributed by atoms with Gasteiger partial charge in [-0.2, -0.15) is 23.4 Å². The van der Waals surface area contributed by atoms with Crippen molar-refractivity contribution in [1.29, 1.82) is 0 Å². The van der Waals surface area contributed by atoms with Crippen LogP contribution in [0.3, 0.4) is 0 Å². The molecule has 10 nitrogen and oxygen atoms in total. The zero-order valence-electron chi connectivity index (χ0n) is 22.6. The largest absolute Gasteiger partial charge is 0.383 e. The van der Waals surface area contributed by atoms with Gasteiger partial charge in [0.2, 0.25) is 17.8 Å². The predicted molar refractivity (Wildman–Crippen MR) is 158 cm³/mol. The second kappa shape index (κ2) is 13.7. The van der Waals surface area contributed by atoms with Crippen molar-refractivity contribution >= 4 is 45.4 Å². The van der Waals surface area contributed by atoms with Crippen LogP contribution in [-0.4, -0.2) is 50.7 Å². The van der Waals surface area contributed by atoms with Crippen LogP contribution in [0.1, 0.15) is 18.1 Å². The maximum absolute atomic E-state index is 12.6. The minimum Gasteiger partial charge on any atom is -0.383 e. The van der Waals surface area contributed by atoms with E-state index in [9.17, 15) is 8.42 Å². The van der Waals surface area contributed by atoms with Gasteiger partial charge in [-0.15, -0.1) is 0 Å². The van der Waals surface area contributed by atoms with E-state index in [-0.39, 0.29) is 10.8 Å². The van der Waals surface area contributed by atoms with E-state index in [1.165, 1.54) is 6.07 Å². The zero-order valence-corrected chi connectivity index (χ0v) is 23.4. The highest BCUT2D eigenvalue weighted by Crippen LogP contribution is 2.28.